The molecule has 0 heterocycles. The molecule has 0 bridgehead atoms. The molecule has 0 saturated carbocycles. The third kappa shape index (κ3) is 6.03. The van der Waals surface area contributed by atoms with Crippen molar-refractivity contribution in [2.24, 2.45) is 0 Å². The molecule has 0 unspecified atom stereocenters. The van der Waals surface area contributed by atoms with Crippen LogP contribution in [0.2, 0.25) is 0 Å². The van der Waals surface area contributed by atoms with Crippen LogP contribution < -0.4 is 4.74 Å². The fraction of sp³-hybridized carbons (Fsp3) is 0.321. The van der Waals surface area contributed by atoms with Crippen LogP contribution in [0.4, 0.5) is 8.78 Å². The van der Waals surface area contributed by atoms with Gasteiger partial charge in [-0.1, -0.05) is 82.0 Å². The smallest absolute Gasteiger partial charge is 0.343 e. The molecule has 2 nitrogen and oxygen atoms in total. The molecule has 3 aromatic rings. The van der Waals surface area contributed by atoms with Crippen molar-refractivity contribution in [3.63, 3.8) is 0 Å². The molecule has 0 amide bonds. The maximum Gasteiger partial charge on any atom is 0.343 e. The molecule has 0 aliphatic carbocycles. The van der Waals surface area contributed by atoms with E-state index in [2.05, 4.69) is 31.2 Å². The van der Waals surface area contributed by atoms with Crippen molar-refractivity contribution in [3.8, 4) is 16.9 Å². The first-order chi connectivity index (χ1) is 15.5. The Balaban J connectivity index is 1.61. The van der Waals surface area contributed by atoms with Crippen molar-refractivity contribution in [1.82, 2.24) is 0 Å². The average molecular weight is 437 g/mol. The highest BCUT2D eigenvalue weighted by Crippen LogP contribution is 2.25. The number of unbranched alkanes of at least 4 members (excludes halogenated alkanes) is 4. The lowest BCUT2D eigenvalue weighted by molar-refractivity contribution is 0.0726. The largest absolute Gasteiger partial charge is 0.420 e. The zero-order valence-corrected chi connectivity index (χ0v) is 18.8. The highest BCUT2D eigenvalue weighted by atomic mass is 19.2. The first kappa shape index (κ1) is 23.6. The van der Waals surface area contributed by atoms with Crippen molar-refractivity contribution in [2.45, 2.75) is 58.8 Å². The number of hydrogen-bond acceptors (Lipinski definition) is 2. The van der Waals surface area contributed by atoms with Gasteiger partial charge in [-0.25, -0.2) is 9.18 Å². The topological polar surface area (TPSA) is 26.3 Å². The minimum atomic E-state index is -1.14. The zero-order chi connectivity index (χ0) is 22.9. The monoisotopic (exact) mass is 436 g/mol. The van der Waals surface area contributed by atoms with Crippen LogP contribution in [0, 0.1) is 11.6 Å². The maximum atomic E-state index is 14.1. The zero-order valence-electron chi connectivity index (χ0n) is 18.8. The third-order valence-corrected chi connectivity index (χ3v) is 5.69. The van der Waals surface area contributed by atoms with Gasteiger partial charge in [0.25, 0.3) is 0 Å². The first-order valence-electron chi connectivity index (χ1n) is 11.4. The van der Waals surface area contributed by atoms with Gasteiger partial charge in [0.1, 0.15) is 0 Å². The van der Waals surface area contributed by atoms with Gasteiger partial charge in [-0.05, 0) is 59.7 Å². The van der Waals surface area contributed by atoms with E-state index < -0.39 is 23.4 Å². The van der Waals surface area contributed by atoms with Crippen LogP contribution in [-0.4, -0.2) is 5.97 Å². The van der Waals surface area contributed by atoms with E-state index in [9.17, 15) is 13.6 Å². The summed E-state index contributed by atoms with van der Waals surface area (Å²) in [6, 6.07) is 18.1. The second-order valence-corrected chi connectivity index (χ2v) is 8.03. The summed E-state index contributed by atoms with van der Waals surface area (Å²) in [5.41, 5.74) is 3.88. The molecule has 168 valence electrons. The molecule has 0 aromatic heterocycles. The molecular formula is C28H30F2O2. The van der Waals surface area contributed by atoms with E-state index in [1.54, 1.807) is 19.1 Å². The van der Waals surface area contributed by atoms with Crippen LogP contribution in [0.25, 0.3) is 11.1 Å². The van der Waals surface area contributed by atoms with E-state index in [0.717, 1.165) is 17.5 Å². The predicted octanol–water partition coefficient (Wildman–Crippen LogP) is 7.93. The second-order valence-electron chi connectivity index (χ2n) is 8.03. The highest BCUT2D eigenvalue weighted by molar-refractivity contribution is 5.91. The van der Waals surface area contributed by atoms with Crippen LogP contribution in [0.5, 0.6) is 5.75 Å². The van der Waals surface area contributed by atoms with E-state index in [4.69, 9.17) is 4.74 Å². The molecule has 0 fully saturated rings. The average Bonchev–Trinajstić information content (AvgIpc) is 2.82. The van der Waals surface area contributed by atoms with Crippen LogP contribution in [0.15, 0.2) is 60.7 Å². The Labute approximate surface area is 189 Å². The van der Waals surface area contributed by atoms with Crippen molar-refractivity contribution >= 4 is 5.97 Å². The van der Waals surface area contributed by atoms with Crippen molar-refractivity contribution in [3.05, 3.63) is 89.0 Å². The van der Waals surface area contributed by atoms with E-state index in [0.29, 0.717) is 6.42 Å². The fourth-order valence-electron chi connectivity index (χ4n) is 3.68. The molecule has 0 aliphatic rings. The van der Waals surface area contributed by atoms with Crippen LogP contribution in [0.3, 0.4) is 0 Å². The molecule has 4 heteroatoms. The first-order valence-corrected chi connectivity index (χ1v) is 11.4. The minimum Gasteiger partial charge on any atom is -0.420 e. The van der Waals surface area contributed by atoms with Gasteiger partial charge in [-0.2, -0.15) is 4.39 Å². The lowest BCUT2D eigenvalue weighted by Gasteiger charge is -2.09. The van der Waals surface area contributed by atoms with Gasteiger partial charge in [-0.15, -0.1) is 0 Å². The highest BCUT2D eigenvalue weighted by Gasteiger charge is 2.17. The summed E-state index contributed by atoms with van der Waals surface area (Å²) in [6.07, 6.45) is 7.79. The van der Waals surface area contributed by atoms with E-state index in [1.165, 1.54) is 49.8 Å². The Morgan fingerprint density at radius 1 is 0.750 bits per heavy atom. The van der Waals surface area contributed by atoms with Gasteiger partial charge in [0, 0.05) is 0 Å². The molecule has 32 heavy (non-hydrogen) atoms. The second kappa shape index (κ2) is 11.6. The van der Waals surface area contributed by atoms with Crippen LogP contribution in [0.1, 0.15) is 67.4 Å². The Morgan fingerprint density at radius 2 is 1.38 bits per heavy atom. The minimum absolute atomic E-state index is 0.245. The summed E-state index contributed by atoms with van der Waals surface area (Å²) in [6.45, 7) is 3.95. The molecule has 0 aliphatic heterocycles. The normalized spacial score (nSPS) is 10.9. The van der Waals surface area contributed by atoms with Gasteiger partial charge in [0.15, 0.2) is 11.6 Å². The number of benzene rings is 3. The number of carbonyl (C=O) groups excluding carboxylic acids is 1. The quantitative estimate of drug-likeness (QED) is 0.183. The lowest BCUT2D eigenvalue weighted by Crippen LogP contribution is -2.10. The van der Waals surface area contributed by atoms with Crippen molar-refractivity contribution in [2.75, 3.05) is 0 Å². The fourth-order valence-corrected chi connectivity index (χ4v) is 3.68. The van der Waals surface area contributed by atoms with E-state index >= 15 is 0 Å². The summed E-state index contributed by atoms with van der Waals surface area (Å²) >= 11 is 0. The van der Waals surface area contributed by atoms with Gasteiger partial charge in [0.05, 0.1) is 5.56 Å². The summed E-state index contributed by atoms with van der Waals surface area (Å²) in [4.78, 5) is 12.4. The van der Waals surface area contributed by atoms with E-state index in [1.807, 2.05) is 12.1 Å². The number of hydrogen-bond donors (Lipinski definition) is 0. The number of aryl methyl sites for hydroxylation is 2. The van der Waals surface area contributed by atoms with Gasteiger partial charge >= 0.3 is 5.97 Å². The van der Waals surface area contributed by atoms with Gasteiger partial charge in [-0.3, -0.25) is 0 Å². The molecular weight excluding hydrogens is 406 g/mol. The predicted molar refractivity (Wildman–Crippen MR) is 125 cm³/mol. The molecule has 0 N–H and O–H groups in total. The van der Waals surface area contributed by atoms with Crippen molar-refractivity contribution in [1.29, 1.82) is 0 Å². The van der Waals surface area contributed by atoms with Crippen molar-refractivity contribution < 1.29 is 18.3 Å². The molecule has 0 radical (unpaired) electrons. The molecule has 3 rings (SSSR count). The van der Waals surface area contributed by atoms with Gasteiger partial charge in [0.2, 0.25) is 5.82 Å². The molecule has 0 saturated heterocycles. The van der Waals surface area contributed by atoms with Crippen LogP contribution in [-0.2, 0) is 12.8 Å². The summed E-state index contributed by atoms with van der Waals surface area (Å²) in [7, 11) is 0. The Hall–Kier alpha value is -3.01. The molecule has 0 atom stereocenters. The maximum absolute atomic E-state index is 14.1. The lowest BCUT2D eigenvalue weighted by atomic mass is 10.00. The number of halogens is 2. The number of esters is 1. The molecule has 0 spiro atoms. The Morgan fingerprint density at radius 3 is 2.00 bits per heavy atom. The Kier molecular flexibility index (Phi) is 8.55. The number of ether oxygens (including phenoxy) is 1. The standard InChI is InChI=1S/C28H30F2O2/c1-3-5-6-7-8-9-20-10-12-22(13-11-20)23-14-16-24(17-15-23)28(31)32-25-19-18-21(4-2)26(29)27(25)30/h10-19H,3-9H2,1-2H3. The third-order valence-electron chi connectivity index (χ3n) is 5.69. The summed E-state index contributed by atoms with van der Waals surface area (Å²) < 4.78 is 33.1. The van der Waals surface area contributed by atoms with Gasteiger partial charge < -0.3 is 4.74 Å². The SMILES string of the molecule is CCCCCCCc1ccc(-c2ccc(C(=O)Oc3ccc(CC)c(F)c3F)cc2)cc1. The van der Waals surface area contributed by atoms with E-state index in [-0.39, 0.29) is 11.1 Å². The number of rotatable bonds is 10. The molecule has 3 aromatic carbocycles. The summed E-state index contributed by atoms with van der Waals surface area (Å²) in [5.74, 6) is -3.24. The summed E-state index contributed by atoms with van der Waals surface area (Å²) in [5, 5.41) is 0. The number of carbonyl (C=O) groups is 1. The Bertz CT molecular complexity index is 1020. The van der Waals surface area contributed by atoms with Crippen LogP contribution >= 0.6 is 0 Å².